The first-order valence-electron chi connectivity index (χ1n) is 10.7. The molecule has 0 aliphatic carbocycles. The second-order valence-electron chi connectivity index (χ2n) is 7.97. The molecule has 6 heteroatoms. The molecule has 3 aromatic rings. The van der Waals surface area contributed by atoms with Crippen molar-refractivity contribution in [2.45, 2.75) is 26.7 Å². The highest BCUT2D eigenvalue weighted by Crippen LogP contribution is 2.29. The average Bonchev–Trinajstić information content (AvgIpc) is 2.73. The summed E-state index contributed by atoms with van der Waals surface area (Å²) in [6.07, 6.45) is 5.81. The maximum absolute atomic E-state index is 11.7. The van der Waals surface area contributed by atoms with E-state index in [0.29, 0.717) is 12.2 Å². The number of aromatic nitrogens is 1. The number of benzene rings is 1. The lowest BCUT2D eigenvalue weighted by Crippen LogP contribution is -2.46. The highest BCUT2D eigenvalue weighted by atomic mass is 16.5. The number of piperazine rings is 1. The normalized spacial score (nSPS) is 14.9. The number of aryl methyl sites for hydroxylation is 2. The molecule has 0 radical (unpaired) electrons. The molecule has 4 rings (SSSR count). The van der Waals surface area contributed by atoms with Gasteiger partial charge in [0.25, 0.3) is 0 Å². The summed E-state index contributed by atoms with van der Waals surface area (Å²) in [5.41, 5.74) is 3.46. The van der Waals surface area contributed by atoms with Gasteiger partial charge >= 0.3 is 5.63 Å². The van der Waals surface area contributed by atoms with Gasteiger partial charge in [-0.1, -0.05) is 0 Å². The molecular weight excluding hydrogens is 378 g/mol. The zero-order valence-electron chi connectivity index (χ0n) is 17.8. The quantitative estimate of drug-likeness (QED) is 0.439. The lowest BCUT2D eigenvalue weighted by molar-refractivity contribution is 0.239. The smallest absolute Gasteiger partial charge is 0.336 e. The molecule has 0 spiro atoms. The first-order chi connectivity index (χ1) is 14.6. The van der Waals surface area contributed by atoms with E-state index in [0.717, 1.165) is 67.8 Å². The van der Waals surface area contributed by atoms with Crippen LogP contribution in [0.15, 0.2) is 51.9 Å². The van der Waals surface area contributed by atoms with Crippen molar-refractivity contribution in [3.05, 3.63) is 64.3 Å². The third kappa shape index (κ3) is 4.82. The second kappa shape index (κ2) is 9.30. The Morgan fingerprint density at radius 2 is 1.80 bits per heavy atom. The lowest BCUT2D eigenvalue weighted by atomic mass is 10.1. The zero-order valence-corrected chi connectivity index (χ0v) is 17.8. The molecule has 1 saturated heterocycles. The number of pyridine rings is 1. The van der Waals surface area contributed by atoms with Crippen LogP contribution in [0.3, 0.4) is 0 Å². The minimum absolute atomic E-state index is 0.319. The van der Waals surface area contributed by atoms with Crippen molar-refractivity contribution < 1.29 is 9.15 Å². The molecule has 1 aliphatic rings. The van der Waals surface area contributed by atoms with Gasteiger partial charge in [-0.3, -0.25) is 9.88 Å². The molecule has 1 fully saturated rings. The van der Waals surface area contributed by atoms with E-state index in [4.69, 9.17) is 9.15 Å². The van der Waals surface area contributed by atoms with Crippen LogP contribution in [-0.4, -0.2) is 49.2 Å². The van der Waals surface area contributed by atoms with Gasteiger partial charge < -0.3 is 14.1 Å². The highest BCUT2D eigenvalue weighted by molar-refractivity contribution is 5.87. The van der Waals surface area contributed by atoms with Gasteiger partial charge in [0.1, 0.15) is 11.3 Å². The van der Waals surface area contributed by atoms with Crippen molar-refractivity contribution in [1.29, 1.82) is 0 Å². The summed E-state index contributed by atoms with van der Waals surface area (Å²) in [4.78, 5) is 20.7. The third-order valence-electron chi connectivity index (χ3n) is 5.68. The molecule has 30 heavy (non-hydrogen) atoms. The molecule has 6 nitrogen and oxygen atoms in total. The predicted octanol–water partition coefficient (Wildman–Crippen LogP) is 3.79. The first kappa shape index (κ1) is 20.4. The van der Waals surface area contributed by atoms with Gasteiger partial charge in [-0.05, 0) is 68.6 Å². The fraction of sp³-hybridized carbons (Fsp3) is 0.417. The van der Waals surface area contributed by atoms with Gasteiger partial charge in [-0.2, -0.15) is 0 Å². The van der Waals surface area contributed by atoms with Crippen LogP contribution in [-0.2, 0) is 0 Å². The lowest BCUT2D eigenvalue weighted by Gasteiger charge is -2.36. The van der Waals surface area contributed by atoms with Crippen molar-refractivity contribution in [1.82, 2.24) is 9.88 Å². The Hall–Kier alpha value is -2.86. The number of anilines is 1. The summed E-state index contributed by atoms with van der Waals surface area (Å²) in [5, 5.41) is 0.896. The van der Waals surface area contributed by atoms with E-state index >= 15 is 0 Å². The van der Waals surface area contributed by atoms with Gasteiger partial charge in [0.15, 0.2) is 0 Å². The standard InChI is InChI=1S/C24H29N3O3/c1-18-15-21(24-19(2)17-23(28)30-22(24)16-18)29-14-4-3-9-26-10-12-27(13-11-26)20-5-7-25-8-6-20/h5-8,15-17H,3-4,9-14H2,1-2H3. The molecule has 0 saturated carbocycles. The van der Waals surface area contributed by atoms with E-state index in [1.165, 1.54) is 11.8 Å². The van der Waals surface area contributed by atoms with Crippen molar-refractivity contribution in [3.8, 4) is 5.75 Å². The van der Waals surface area contributed by atoms with E-state index in [2.05, 4.69) is 26.9 Å². The van der Waals surface area contributed by atoms with Gasteiger partial charge in [-0.15, -0.1) is 0 Å². The largest absolute Gasteiger partial charge is 0.493 e. The Morgan fingerprint density at radius 1 is 1.03 bits per heavy atom. The van der Waals surface area contributed by atoms with E-state index in [9.17, 15) is 4.79 Å². The molecule has 0 amide bonds. The van der Waals surface area contributed by atoms with Crippen LogP contribution in [0.1, 0.15) is 24.0 Å². The molecule has 3 heterocycles. The minimum Gasteiger partial charge on any atom is -0.493 e. The molecule has 1 aliphatic heterocycles. The summed E-state index contributed by atoms with van der Waals surface area (Å²) in [7, 11) is 0. The van der Waals surface area contributed by atoms with E-state index in [1.807, 2.05) is 38.4 Å². The van der Waals surface area contributed by atoms with Gasteiger partial charge in [0.2, 0.25) is 0 Å². The van der Waals surface area contributed by atoms with Crippen LogP contribution >= 0.6 is 0 Å². The van der Waals surface area contributed by atoms with Gasteiger partial charge in [0.05, 0.1) is 12.0 Å². The number of fused-ring (bicyclic) bond motifs is 1. The fourth-order valence-corrected chi connectivity index (χ4v) is 4.09. The van der Waals surface area contributed by atoms with Crippen LogP contribution < -0.4 is 15.3 Å². The Kier molecular flexibility index (Phi) is 6.33. The summed E-state index contributed by atoms with van der Waals surface area (Å²) >= 11 is 0. The number of nitrogens with zero attached hydrogens (tertiary/aromatic N) is 3. The SMILES string of the molecule is Cc1cc(OCCCCN2CCN(c3ccncc3)CC2)c2c(C)cc(=O)oc2c1. The van der Waals surface area contributed by atoms with Crippen molar-refractivity contribution in [2.24, 2.45) is 0 Å². The monoisotopic (exact) mass is 407 g/mol. The Morgan fingerprint density at radius 3 is 2.57 bits per heavy atom. The van der Waals surface area contributed by atoms with E-state index in [-0.39, 0.29) is 5.63 Å². The summed E-state index contributed by atoms with van der Waals surface area (Å²) in [5.74, 6) is 0.803. The minimum atomic E-state index is -0.319. The predicted molar refractivity (Wildman–Crippen MR) is 120 cm³/mol. The molecule has 0 atom stereocenters. The first-order valence-corrected chi connectivity index (χ1v) is 10.7. The molecule has 2 aromatic heterocycles. The van der Waals surface area contributed by atoms with Crippen LogP contribution in [0, 0.1) is 13.8 Å². The zero-order chi connectivity index (χ0) is 20.9. The molecule has 0 N–H and O–H groups in total. The Labute approximate surface area is 177 Å². The molecular formula is C24H29N3O3. The number of hydrogen-bond acceptors (Lipinski definition) is 6. The number of unbranched alkanes of at least 4 members (excludes halogenated alkanes) is 1. The van der Waals surface area contributed by atoms with Gasteiger partial charge in [-0.25, -0.2) is 4.79 Å². The number of hydrogen-bond donors (Lipinski definition) is 0. The average molecular weight is 408 g/mol. The topological polar surface area (TPSA) is 58.8 Å². The Balaban J connectivity index is 1.24. The second-order valence-corrected chi connectivity index (χ2v) is 7.97. The van der Waals surface area contributed by atoms with Crippen LogP contribution in [0.5, 0.6) is 5.75 Å². The van der Waals surface area contributed by atoms with Crippen LogP contribution in [0.2, 0.25) is 0 Å². The van der Waals surface area contributed by atoms with Gasteiger partial charge in [0, 0.05) is 50.3 Å². The maximum Gasteiger partial charge on any atom is 0.336 e. The number of rotatable bonds is 7. The van der Waals surface area contributed by atoms with E-state index < -0.39 is 0 Å². The van der Waals surface area contributed by atoms with Crippen molar-refractivity contribution in [3.63, 3.8) is 0 Å². The van der Waals surface area contributed by atoms with Crippen molar-refractivity contribution >= 4 is 16.7 Å². The Bertz CT molecular complexity index is 1040. The van der Waals surface area contributed by atoms with Crippen LogP contribution in [0.4, 0.5) is 5.69 Å². The van der Waals surface area contributed by atoms with Crippen molar-refractivity contribution in [2.75, 3.05) is 44.2 Å². The van der Waals surface area contributed by atoms with E-state index in [1.54, 1.807) is 0 Å². The molecule has 1 aromatic carbocycles. The maximum atomic E-state index is 11.7. The highest BCUT2D eigenvalue weighted by Gasteiger charge is 2.16. The third-order valence-corrected chi connectivity index (χ3v) is 5.68. The number of ether oxygens (including phenoxy) is 1. The molecule has 158 valence electrons. The molecule has 0 unspecified atom stereocenters. The molecule has 0 bridgehead atoms. The van der Waals surface area contributed by atoms with Crippen LogP contribution in [0.25, 0.3) is 11.0 Å². The summed E-state index contributed by atoms with van der Waals surface area (Å²) in [6.45, 7) is 9.95. The fourth-order valence-electron chi connectivity index (χ4n) is 4.09. The summed E-state index contributed by atoms with van der Waals surface area (Å²) < 4.78 is 11.5. The summed E-state index contributed by atoms with van der Waals surface area (Å²) in [6, 6.07) is 9.59.